The van der Waals surface area contributed by atoms with Crippen LogP contribution < -0.4 is 14.2 Å². The van der Waals surface area contributed by atoms with E-state index in [4.69, 9.17) is 9.15 Å². The predicted octanol–water partition coefficient (Wildman–Crippen LogP) is 5.74. The van der Waals surface area contributed by atoms with Gasteiger partial charge in [-0.3, -0.25) is 0 Å². The number of aromatic nitrogens is 1. The quantitative estimate of drug-likeness (QED) is 0.396. The fraction of sp³-hybridized carbons (Fsp3) is 0.344. The van der Waals surface area contributed by atoms with Gasteiger partial charge in [0.1, 0.15) is 6.54 Å². The molecule has 0 radical (unpaired) electrons. The molecule has 38 heavy (non-hydrogen) atoms. The van der Waals surface area contributed by atoms with E-state index in [1.54, 1.807) is 0 Å². The minimum Gasteiger partial charge on any atom is -0.439 e. The van der Waals surface area contributed by atoms with Crippen molar-refractivity contribution in [2.75, 3.05) is 44.7 Å². The number of benzene rings is 2. The van der Waals surface area contributed by atoms with Gasteiger partial charge in [-0.25, -0.2) is 0 Å². The van der Waals surface area contributed by atoms with Crippen LogP contribution in [-0.2, 0) is 6.54 Å². The molecule has 196 valence electrons. The average Bonchev–Trinajstić information content (AvgIpc) is 3.63. The highest BCUT2D eigenvalue weighted by Crippen LogP contribution is 2.39. The molecule has 0 atom stereocenters. The summed E-state index contributed by atoms with van der Waals surface area (Å²) in [6.07, 6.45) is 10.9. The number of oxazole rings is 1. The molecule has 2 aliphatic heterocycles. The van der Waals surface area contributed by atoms with Crippen LogP contribution >= 0.6 is 0 Å². The van der Waals surface area contributed by atoms with Crippen LogP contribution in [0.1, 0.15) is 32.6 Å². The molecular formula is C32H37N4O2+. The van der Waals surface area contributed by atoms with Crippen LogP contribution in [0.2, 0.25) is 0 Å². The number of piperazine rings is 1. The first-order valence-corrected chi connectivity index (χ1v) is 13.9. The molecule has 3 aromatic rings. The van der Waals surface area contributed by atoms with Gasteiger partial charge in [-0.05, 0) is 75.2 Å². The zero-order chi connectivity index (χ0) is 26.1. The lowest BCUT2D eigenvalue weighted by Crippen LogP contribution is -2.44. The second-order valence-electron chi connectivity index (χ2n) is 10.2. The van der Waals surface area contributed by atoms with Gasteiger partial charge in [0.2, 0.25) is 11.5 Å². The first kappa shape index (κ1) is 24.6. The molecule has 0 amide bonds. The first-order valence-electron chi connectivity index (χ1n) is 13.9. The largest absolute Gasteiger partial charge is 0.439 e. The van der Waals surface area contributed by atoms with E-state index in [0.29, 0.717) is 0 Å². The zero-order valence-corrected chi connectivity index (χ0v) is 22.7. The predicted molar refractivity (Wildman–Crippen MR) is 153 cm³/mol. The third-order valence-corrected chi connectivity index (χ3v) is 7.85. The average molecular weight is 510 g/mol. The van der Waals surface area contributed by atoms with E-state index < -0.39 is 0 Å². The highest BCUT2D eigenvalue weighted by Gasteiger charge is 2.28. The number of para-hydroxylation sites is 4. The van der Waals surface area contributed by atoms with Gasteiger partial charge in [-0.15, -0.1) is 0 Å². The summed E-state index contributed by atoms with van der Waals surface area (Å²) >= 11 is 0. The first-order chi connectivity index (χ1) is 18.7. The van der Waals surface area contributed by atoms with Crippen LogP contribution in [0.3, 0.4) is 0 Å². The Morgan fingerprint density at radius 3 is 2.50 bits per heavy atom. The van der Waals surface area contributed by atoms with Gasteiger partial charge in [-0.1, -0.05) is 30.3 Å². The third-order valence-electron chi connectivity index (χ3n) is 7.85. The number of fused-ring (bicyclic) bond motifs is 2. The van der Waals surface area contributed by atoms with Crippen LogP contribution in [0.15, 0.2) is 93.9 Å². The van der Waals surface area contributed by atoms with Gasteiger partial charge in [0.15, 0.2) is 5.75 Å². The molecule has 2 aromatic carbocycles. The Kier molecular flexibility index (Phi) is 6.81. The smallest absolute Gasteiger partial charge is 0.374 e. The van der Waals surface area contributed by atoms with Gasteiger partial charge in [-0.2, -0.15) is 4.57 Å². The summed E-state index contributed by atoms with van der Waals surface area (Å²) in [6, 6.07) is 16.5. The number of anilines is 1. The van der Waals surface area contributed by atoms with E-state index in [2.05, 4.69) is 88.7 Å². The molecule has 0 unspecified atom stereocenters. The molecule has 1 aromatic heterocycles. The van der Waals surface area contributed by atoms with Gasteiger partial charge in [0.25, 0.3) is 5.52 Å². The van der Waals surface area contributed by atoms with Crippen molar-refractivity contribution in [3.05, 3.63) is 95.4 Å². The van der Waals surface area contributed by atoms with Crippen LogP contribution in [0.5, 0.6) is 5.75 Å². The second kappa shape index (κ2) is 10.5. The van der Waals surface area contributed by atoms with E-state index in [-0.39, 0.29) is 0 Å². The van der Waals surface area contributed by atoms with Crippen molar-refractivity contribution >= 4 is 22.9 Å². The summed E-state index contributed by atoms with van der Waals surface area (Å²) in [7, 11) is 2.21. The molecule has 3 heterocycles. The van der Waals surface area contributed by atoms with Crippen molar-refractivity contribution in [1.29, 1.82) is 0 Å². The number of allylic oxidation sites excluding steroid dienone is 5. The Balaban J connectivity index is 1.35. The lowest BCUT2D eigenvalue weighted by atomic mass is 10.1. The zero-order valence-electron chi connectivity index (χ0n) is 22.7. The number of hydrogen-bond donors (Lipinski definition) is 0. The maximum atomic E-state index is 6.23. The summed E-state index contributed by atoms with van der Waals surface area (Å²) in [6.45, 7) is 10.3. The van der Waals surface area contributed by atoms with Gasteiger partial charge < -0.3 is 23.9 Å². The van der Waals surface area contributed by atoms with E-state index >= 15 is 0 Å². The Morgan fingerprint density at radius 1 is 0.895 bits per heavy atom. The number of aryl methyl sites for hydroxylation is 1. The molecule has 1 fully saturated rings. The Hall–Kier alpha value is -3.77. The van der Waals surface area contributed by atoms with E-state index in [1.165, 1.54) is 16.8 Å². The standard InChI is InChI=1S/C32H37N4O2/c1-4-35-26-10-6-8-12-28(26)37-30(35)18-16-24-14-15-25(32(24)34-22-20-33(3)21-23-34)17-19-31-36(5-2)27-11-7-9-13-29(27)38-31/h6-13,16-19H,4-5,14-15,20-23H2,1-3H3/q+1. The van der Waals surface area contributed by atoms with Crippen molar-refractivity contribution < 1.29 is 13.7 Å². The normalized spacial score (nSPS) is 20.5. The third kappa shape index (κ3) is 4.54. The molecule has 0 saturated carbocycles. The lowest BCUT2D eigenvalue weighted by Gasteiger charge is -2.36. The lowest BCUT2D eigenvalue weighted by molar-refractivity contribution is -0.674. The molecule has 0 bridgehead atoms. The number of rotatable bonds is 6. The Labute approximate surface area is 225 Å². The highest BCUT2D eigenvalue weighted by atomic mass is 16.5. The molecular weight excluding hydrogens is 472 g/mol. The molecule has 0 spiro atoms. The van der Waals surface area contributed by atoms with Crippen LogP contribution in [0.4, 0.5) is 5.69 Å². The van der Waals surface area contributed by atoms with Crippen molar-refractivity contribution in [1.82, 2.24) is 9.80 Å². The molecule has 3 aliphatic rings. The number of nitrogens with zero attached hydrogens (tertiary/aromatic N) is 4. The SMILES string of the molecule is CCN1/C(=C/C=C2\CCC(/C=C/c3oc4ccccc4[n+]3CC)=C2N2CCN(C)CC2)Oc2ccccc21. The second-order valence-corrected chi connectivity index (χ2v) is 10.2. The Bertz CT molecular complexity index is 1450. The summed E-state index contributed by atoms with van der Waals surface area (Å²) in [5.41, 5.74) is 7.35. The van der Waals surface area contributed by atoms with Crippen LogP contribution in [0, 0.1) is 0 Å². The fourth-order valence-corrected chi connectivity index (χ4v) is 5.82. The highest BCUT2D eigenvalue weighted by molar-refractivity contribution is 5.70. The monoisotopic (exact) mass is 509 g/mol. The maximum Gasteiger partial charge on any atom is 0.374 e. The van der Waals surface area contributed by atoms with Gasteiger partial charge in [0, 0.05) is 44.5 Å². The van der Waals surface area contributed by atoms with Crippen LogP contribution in [-0.4, -0.2) is 49.6 Å². The van der Waals surface area contributed by atoms with Crippen molar-refractivity contribution in [3.63, 3.8) is 0 Å². The topological polar surface area (TPSA) is 36.0 Å². The van der Waals surface area contributed by atoms with Crippen molar-refractivity contribution in [3.8, 4) is 5.75 Å². The van der Waals surface area contributed by atoms with Gasteiger partial charge >= 0.3 is 5.89 Å². The number of likely N-dealkylation sites (N-methyl/N-ethyl adjacent to an activating group) is 1. The minimum absolute atomic E-state index is 0.871. The Morgan fingerprint density at radius 2 is 1.68 bits per heavy atom. The number of hydrogen-bond acceptors (Lipinski definition) is 5. The van der Waals surface area contributed by atoms with E-state index in [0.717, 1.165) is 86.4 Å². The minimum atomic E-state index is 0.871. The summed E-state index contributed by atoms with van der Waals surface area (Å²) in [5, 5.41) is 0. The van der Waals surface area contributed by atoms with E-state index in [1.807, 2.05) is 24.3 Å². The van der Waals surface area contributed by atoms with Crippen molar-refractivity contribution in [2.24, 2.45) is 0 Å². The fourth-order valence-electron chi connectivity index (χ4n) is 5.82. The molecule has 1 saturated heterocycles. The summed E-state index contributed by atoms with van der Waals surface area (Å²) in [5.74, 6) is 2.72. The molecule has 6 rings (SSSR count). The van der Waals surface area contributed by atoms with Gasteiger partial charge in [0.05, 0.1) is 11.8 Å². The van der Waals surface area contributed by atoms with E-state index in [9.17, 15) is 0 Å². The number of ether oxygens (including phenoxy) is 1. The summed E-state index contributed by atoms with van der Waals surface area (Å²) in [4.78, 5) is 7.23. The summed E-state index contributed by atoms with van der Waals surface area (Å²) < 4.78 is 14.7. The maximum absolute atomic E-state index is 6.23. The molecule has 1 aliphatic carbocycles. The molecule has 6 nitrogen and oxygen atoms in total. The van der Waals surface area contributed by atoms with Crippen molar-refractivity contribution in [2.45, 2.75) is 33.2 Å². The molecule has 0 N–H and O–H groups in total. The van der Waals surface area contributed by atoms with Crippen LogP contribution in [0.25, 0.3) is 17.2 Å². The molecule has 6 heteroatoms.